The molecule has 3 rings (SSSR count). The molecule has 1 atom stereocenters. The SMILES string of the molecule is CC(=O)n1cc([C@@H]2CCCCN2)c2ccccc21.Cl. The van der Waals surface area contributed by atoms with Gasteiger partial charge in [0.25, 0.3) is 0 Å². The van der Waals surface area contributed by atoms with Crippen LogP contribution in [0.2, 0.25) is 0 Å². The Morgan fingerprint density at radius 2 is 2.11 bits per heavy atom. The summed E-state index contributed by atoms with van der Waals surface area (Å²) < 4.78 is 1.76. The molecular weight excluding hydrogens is 260 g/mol. The summed E-state index contributed by atoms with van der Waals surface area (Å²) in [5.74, 6) is 0.0771. The Kier molecular flexibility index (Phi) is 4.27. The molecule has 4 heteroatoms. The van der Waals surface area contributed by atoms with Gasteiger partial charge in [0.1, 0.15) is 0 Å². The average molecular weight is 279 g/mol. The number of piperidine rings is 1. The highest BCUT2D eigenvalue weighted by Gasteiger charge is 2.20. The second kappa shape index (κ2) is 5.76. The van der Waals surface area contributed by atoms with Crippen LogP contribution in [-0.2, 0) is 0 Å². The smallest absolute Gasteiger partial charge is 0.227 e. The van der Waals surface area contributed by atoms with Crippen molar-refractivity contribution < 1.29 is 4.79 Å². The maximum Gasteiger partial charge on any atom is 0.227 e. The molecule has 1 N–H and O–H groups in total. The van der Waals surface area contributed by atoms with Gasteiger partial charge in [-0.3, -0.25) is 9.36 Å². The minimum atomic E-state index is 0. The molecule has 1 aliphatic rings. The largest absolute Gasteiger partial charge is 0.310 e. The van der Waals surface area contributed by atoms with Crippen molar-refractivity contribution in [1.82, 2.24) is 9.88 Å². The van der Waals surface area contributed by atoms with Gasteiger partial charge in [0.15, 0.2) is 0 Å². The van der Waals surface area contributed by atoms with Gasteiger partial charge in [-0.05, 0) is 31.0 Å². The Bertz CT molecular complexity index is 585. The van der Waals surface area contributed by atoms with Crippen LogP contribution in [0.15, 0.2) is 30.5 Å². The number of carbonyl (C=O) groups excluding carboxylic acids is 1. The number of hydrogen-bond donors (Lipinski definition) is 1. The van der Waals surface area contributed by atoms with Crippen molar-refractivity contribution in [3.63, 3.8) is 0 Å². The van der Waals surface area contributed by atoms with Crippen LogP contribution in [0.3, 0.4) is 0 Å². The lowest BCUT2D eigenvalue weighted by molar-refractivity contribution is 0.0941. The molecule has 0 unspecified atom stereocenters. The number of carbonyl (C=O) groups is 1. The van der Waals surface area contributed by atoms with Crippen LogP contribution in [0.25, 0.3) is 10.9 Å². The summed E-state index contributed by atoms with van der Waals surface area (Å²) in [6.45, 7) is 2.69. The van der Waals surface area contributed by atoms with E-state index < -0.39 is 0 Å². The van der Waals surface area contributed by atoms with E-state index in [0.29, 0.717) is 6.04 Å². The van der Waals surface area contributed by atoms with E-state index in [-0.39, 0.29) is 18.3 Å². The van der Waals surface area contributed by atoms with E-state index in [2.05, 4.69) is 11.4 Å². The van der Waals surface area contributed by atoms with Crippen LogP contribution in [-0.4, -0.2) is 17.0 Å². The van der Waals surface area contributed by atoms with E-state index in [1.54, 1.807) is 11.5 Å². The number of para-hydroxylation sites is 1. The number of hydrogen-bond acceptors (Lipinski definition) is 2. The highest BCUT2D eigenvalue weighted by Crippen LogP contribution is 2.30. The highest BCUT2D eigenvalue weighted by molar-refractivity contribution is 5.93. The number of halogens is 1. The fourth-order valence-corrected chi connectivity index (χ4v) is 2.86. The van der Waals surface area contributed by atoms with Gasteiger partial charge in [-0.15, -0.1) is 12.4 Å². The summed E-state index contributed by atoms with van der Waals surface area (Å²) in [5.41, 5.74) is 2.29. The molecule has 2 aromatic rings. The van der Waals surface area contributed by atoms with Crippen molar-refractivity contribution in [2.75, 3.05) is 6.54 Å². The molecule has 102 valence electrons. The van der Waals surface area contributed by atoms with E-state index in [9.17, 15) is 4.79 Å². The first-order chi connectivity index (χ1) is 8.77. The minimum absolute atomic E-state index is 0. The second-order valence-electron chi connectivity index (χ2n) is 4.99. The van der Waals surface area contributed by atoms with Crippen molar-refractivity contribution in [2.45, 2.75) is 32.2 Å². The van der Waals surface area contributed by atoms with Crippen molar-refractivity contribution in [1.29, 1.82) is 0 Å². The standard InChI is InChI=1S/C15H18N2O.ClH/c1-11(18)17-10-13(14-7-4-5-9-16-14)12-6-2-3-8-15(12)17;/h2-3,6,8,10,14,16H,4-5,7,9H2,1H3;1H/t14-;/m0./s1. The lowest BCUT2D eigenvalue weighted by Gasteiger charge is -2.23. The zero-order valence-electron chi connectivity index (χ0n) is 11.1. The zero-order valence-corrected chi connectivity index (χ0v) is 11.9. The Labute approximate surface area is 119 Å². The van der Waals surface area contributed by atoms with Gasteiger partial charge in [-0.2, -0.15) is 0 Å². The zero-order chi connectivity index (χ0) is 12.5. The number of aromatic nitrogens is 1. The van der Waals surface area contributed by atoms with Crippen LogP contribution in [0.1, 0.15) is 42.6 Å². The van der Waals surface area contributed by atoms with E-state index >= 15 is 0 Å². The predicted octanol–water partition coefficient (Wildman–Crippen LogP) is 3.54. The number of rotatable bonds is 1. The van der Waals surface area contributed by atoms with Gasteiger partial charge >= 0.3 is 0 Å². The van der Waals surface area contributed by atoms with Gasteiger partial charge < -0.3 is 5.32 Å². The Morgan fingerprint density at radius 3 is 2.79 bits per heavy atom. The predicted molar refractivity (Wildman–Crippen MR) is 80.1 cm³/mol. The molecule has 2 heterocycles. The third-order valence-electron chi connectivity index (χ3n) is 3.77. The van der Waals surface area contributed by atoms with E-state index in [1.165, 1.54) is 23.8 Å². The molecule has 0 aliphatic carbocycles. The van der Waals surface area contributed by atoms with Crippen molar-refractivity contribution in [3.8, 4) is 0 Å². The summed E-state index contributed by atoms with van der Waals surface area (Å²) in [4.78, 5) is 11.7. The molecule has 1 aromatic carbocycles. The minimum Gasteiger partial charge on any atom is -0.310 e. The highest BCUT2D eigenvalue weighted by atomic mass is 35.5. The summed E-state index contributed by atoms with van der Waals surface area (Å²) in [7, 11) is 0. The lowest BCUT2D eigenvalue weighted by Crippen LogP contribution is -2.26. The van der Waals surface area contributed by atoms with Crippen LogP contribution in [0, 0.1) is 0 Å². The monoisotopic (exact) mass is 278 g/mol. The summed E-state index contributed by atoms with van der Waals surface area (Å²) in [6.07, 6.45) is 5.68. The van der Waals surface area contributed by atoms with Crippen molar-refractivity contribution in [2.24, 2.45) is 0 Å². The maximum atomic E-state index is 11.7. The Balaban J connectivity index is 0.00000133. The first kappa shape index (κ1) is 14.1. The van der Waals surface area contributed by atoms with Crippen molar-refractivity contribution in [3.05, 3.63) is 36.0 Å². The van der Waals surface area contributed by atoms with Gasteiger partial charge in [-0.1, -0.05) is 24.6 Å². The number of nitrogens with zero attached hydrogens (tertiary/aromatic N) is 1. The molecule has 1 aromatic heterocycles. The molecule has 1 fully saturated rings. The molecule has 0 bridgehead atoms. The quantitative estimate of drug-likeness (QED) is 0.866. The molecule has 19 heavy (non-hydrogen) atoms. The summed E-state index contributed by atoms with van der Waals surface area (Å²) in [6, 6.07) is 8.55. The van der Waals surface area contributed by atoms with Gasteiger partial charge in [-0.25, -0.2) is 0 Å². The number of benzene rings is 1. The molecule has 3 nitrogen and oxygen atoms in total. The first-order valence-electron chi connectivity index (χ1n) is 6.61. The topological polar surface area (TPSA) is 34.0 Å². The van der Waals surface area contributed by atoms with E-state index in [0.717, 1.165) is 18.5 Å². The number of nitrogens with one attached hydrogen (secondary N) is 1. The molecule has 0 spiro atoms. The van der Waals surface area contributed by atoms with Crippen molar-refractivity contribution >= 4 is 29.2 Å². The average Bonchev–Trinajstić information content (AvgIpc) is 2.79. The van der Waals surface area contributed by atoms with Crippen LogP contribution < -0.4 is 5.32 Å². The van der Waals surface area contributed by atoms with Gasteiger partial charge in [0.2, 0.25) is 5.91 Å². The molecular formula is C15H19ClN2O. The molecule has 1 aliphatic heterocycles. The number of fused-ring (bicyclic) bond motifs is 1. The van der Waals surface area contributed by atoms with E-state index in [4.69, 9.17) is 0 Å². The normalized spacial score (nSPS) is 19.1. The van der Waals surface area contributed by atoms with E-state index in [1.807, 2.05) is 24.4 Å². The van der Waals surface area contributed by atoms with Gasteiger partial charge in [0, 0.05) is 24.5 Å². The fourth-order valence-electron chi connectivity index (χ4n) is 2.86. The summed E-state index contributed by atoms with van der Waals surface area (Å²) >= 11 is 0. The fraction of sp³-hybridized carbons (Fsp3) is 0.400. The molecule has 0 amide bonds. The first-order valence-corrected chi connectivity index (χ1v) is 6.61. The second-order valence-corrected chi connectivity index (χ2v) is 4.99. The third-order valence-corrected chi connectivity index (χ3v) is 3.77. The third kappa shape index (κ3) is 2.53. The Morgan fingerprint density at radius 1 is 1.32 bits per heavy atom. The summed E-state index contributed by atoms with van der Waals surface area (Å²) in [5, 5.41) is 4.76. The molecule has 0 radical (unpaired) electrons. The Hall–Kier alpha value is -1.32. The molecule has 0 saturated carbocycles. The van der Waals surface area contributed by atoms with Crippen LogP contribution >= 0.6 is 12.4 Å². The lowest BCUT2D eigenvalue weighted by atomic mass is 9.97. The van der Waals surface area contributed by atoms with Crippen LogP contribution in [0.5, 0.6) is 0 Å². The maximum absolute atomic E-state index is 11.7. The van der Waals surface area contributed by atoms with Crippen LogP contribution in [0.4, 0.5) is 0 Å². The van der Waals surface area contributed by atoms with Gasteiger partial charge in [0.05, 0.1) is 5.52 Å². The molecule has 1 saturated heterocycles.